The van der Waals surface area contributed by atoms with Gasteiger partial charge in [0.15, 0.2) is 0 Å². The molecule has 1 rings (SSSR count). The van der Waals surface area contributed by atoms with Crippen LogP contribution in [0.2, 0.25) is 0 Å². The van der Waals surface area contributed by atoms with Crippen molar-refractivity contribution in [3.63, 3.8) is 0 Å². The highest BCUT2D eigenvalue weighted by molar-refractivity contribution is 5.65. The molecule has 2 unspecified atom stereocenters. The van der Waals surface area contributed by atoms with Crippen LogP contribution in [0.15, 0.2) is 0 Å². The van der Waals surface area contributed by atoms with E-state index < -0.39 is 0 Å². The predicted octanol–water partition coefficient (Wildman–Crippen LogP) is 2.39. The van der Waals surface area contributed by atoms with Gasteiger partial charge in [0.25, 0.3) is 0 Å². The van der Waals surface area contributed by atoms with Crippen LogP contribution in [0.4, 0.5) is 0 Å². The van der Waals surface area contributed by atoms with Crippen LogP contribution in [0.1, 0.15) is 40.0 Å². The summed E-state index contributed by atoms with van der Waals surface area (Å²) in [6.45, 7) is 6.81. The molecular weight excluding hydrogens is 192 g/mol. The number of hydrogen-bond acceptors (Lipinski definition) is 3. The van der Waals surface area contributed by atoms with E-state index in [1.54, 1.807) is 0 Å². The first-order chi connectivity index (χ1) is 7.11. The number of carbonyl (C=O) groups is 1. The zero-order valence-electron chi connectivity index (χ0n) is 9.99. The van der Waals surface area contributed by atoms with Crippen molar-refractivity contribution >= 4 is 5.97 Å². The van der Waals surface area contributed by atoms with E-state index in [1.807, 2.05) is 0 Å². The molecule has 0 saturated heterocycles. The molecule has 2 atom stereocenters. The zero-order chi connectivity index (χ0) is 11.3. The van der Waals surface area contributed by atoms with Crippen LogP contribution < -0.4 is 0 Å². The largest absolute Gasteiger partial charge is 0.463 e. The standard InChI is InChI=1S/C12H22O3/c1-9-5-4-6-10(2)12(9)15-8-7-14-11(3)13/h9-10,12H,4-8H2,1-3H3. The second-order valence-electron chi connectivity index (χ2n) is 4.56. The smallest absolute Gasteiger partial charge is 0.302 e. The van der Waals surface area contributed by atoms with Crippen molar-refractivity contribution in [2.45, 2.75) is 46.1 Å². The first-order valence-corrected chi connectivity index (χ1v) is 5.86. The quantitative estimate of drug-likeness (QED) is 0.532. The summed E-state index contributed by atoms with van der Waals surface area (Å²) >= 11 is 0. The average Bonchev–Trinajstić information content (AvgIpc) is 2.15. The van der Waals surface area contributed by atoms with Gasteiger partial charge in [0.2, 0.25) is 0 Å². The van der Waals surface area contributed by atoms with E-state index in [9.17, 15) is 4.79 Å². The Bertz CT molecular complexity index is 193. The van der Waals surface area contributed by atoms with Crippen molar-refractivity contribution in [1.82, 2.24) is 0 Å². The fraction of sp³-hybridized carbons (Fsp3) is 0.917. The number of rotatable bonds is 4. The molecule has 1 aliphatic rings. The number of carbonyl (C=O) groups excluding carboxylic acids is 1. The molecule has 0 amide bonds. The van der Waals surface area contributed by atoms with Gasteiger partial charge in [-0.25, -0.2) is 0 Å². The van der Waals surface area contributed by atoms with Crippen LogP contribution in [0.25, 0.3) is 0 Å². The highest BCUT2D eigenvalue weighted by atomic mass is 16.6. The molecule has 0 heterocycles. The molecule has 0 aliphatic heterocycles. The molecule has 0 spiro atoms. The van der Waals surface area contributed by atoms with Crippen LogP contribution in [0.5, 0.6) is 0 Å². The van der Waals surface area contributed by atoms with Crippen molar-refractivity contribution in [3.8, 4) is 0 Å². The fourth-order valence-corrected chi connectivity index (χ4v) is 2.35. The molecule has 1 aliphatic carbocycles. The van der Waals surface area contributed by atoms with Crippen molar-refractivity contribution in [2.24, 2.45) is 11.8 Å². The topological polar surface area (TPSA) is 35.5 Å². The molecule has 3 nitrogen and oxygen atoms in total. The molecule has 1 fully saturated rings. The highest BCUT2D eigenvalue weighted by Gasteiger charge is 2.28. The van der Waals surface area contributed by atoms with Crippen molar-refractivity contribution in [1.29, 1.82) is 0 Å². The van der Waals surface area contributed by atoms with Gasteiger partial charge in [0.1, 0.15) is 6.61 Å². The summed E-state index contributed by atoms with van der Waals surface area (Å²) < 4.78 is 10.6. The number of esters is 1. The van der Waals surface area contributed by atoms with Crippen LogP contribution in [0.3, 0.4) is 0 Å². The molecule has 0 N–H and O–H groups in total. The van der Waals surface area contributed by atoms with Crippen molar-refractivity contribution in [3.05, 3.63) is 0 Å². The van der Waals surface area contributed by atoms with Gasteiger partial charge in [-0.05, 0) is 24.7 Å². The van der Waals surface area contributed by atoms with Crippen molar-refractivity contribution < 1.29 is 14.3 Å². The first-order valence-electron chi connectivity index (χ1n) is 5.86. The summed E-state index contributed by atoms with van der Waals surface area (Å²) in [6.07, 6.45) is 4.16. The van der Waals surface area contributed by atoms with Gasteiger partial charge in [-0.15, -0.1) is 0 Å². The molecule has 15 heavy (non-hydrogen) atoms. The Balaban J connectivity index is 2.20. The maximum atomic E-state index is 10.5. The summed E-state index contributed by atoms with van der Waals surface area (Å²) in [6, 6.07) is 0. The Labute approximate surface area is 92.1 Å². The minimum Gasteiger partial charge on any atom is -0.463 e. The van der Waals surface area contributed by atoms with Crippen LogP contribution in [-0.2, 0) is 14.3 Å². The van der Waals surface area contributed by atoms with Crippen LogP contribution in [0, 0.1) is 11.8 Å². The van der Waals surface area contributed by atoms with Gasteiger partial charge in [-0.1, -0.05) is 20.3 Å². The lowest BCUT2D eigenvalue weighted by atomic mass is 9.81. The van der Waals surface area contributed by atoms with Gasteiger partial charge >= 0.3 is 5.97 Å². The molecule has 1 saturated carbocycles. The second kappa shape index (κ2) is 6.11. The van der Waals surface area contributed by atoms with Gasteiger partial charge < -0.3 is 9.47 Å². The highest BCUT2D eigenvalue weighted by Crippen LogP contribution is 2.30. The molecular formula is C12H22O3. The third-order valence-corrected chi connectivity index (χ3v) is 3.14. The molecule has 0 radical (unpaired) electrons. The number of ether oxygens (including phenoxy) is 2. The minimum atomic E-state index is -0.233. The molecule has 3 heteroatoms. The average molecular weight is 214 g/mol. The molecule has 0 aromatic carbocycles. The second-order valence-corrected chi connectivity index (χ2v) is 4.56. The van der Waals surface area contributed by atoms with Crippen molar-refractivity contribution in [2.75, 3.05) is 13.2 Å². The first kappa shape index (κ1) is 12.5. The van der Waals surface area contributed by atoms with E-state index in [0.29, 0.717) is 31.2 Å². The predicted molar refractivity (Wildman–Crippen MR) is 58.6 cm³/mol. The van der Waals surface area contributed by atoms with Gasteiger partial charge in [-0.2, -0.15) is 0 Å². The lowest BCUT2D eigenvalue weighted by molar-refractivity contribution is -0.144. The Morgan fingerprint density at radius 3 is 2.33 bits per heavy atom. The number of hydrogen-bond donors (Lipinski definition) is 0. The zero-order valence-corrected chi connectivity index (χ0v) is 9.99. The summed E-state index contributed by atoms with van der Waals surface area (Å²) in [5, 5.41) is 0. The van der Waals surface area contributed by atoms with Gasteiger partial charge in [-0.3, -0.25) is 4.79 Å². The Kier molecular flexibility index (Phi) is 5.09. The SMILES string of the molecule is CC(=O)OCCOC1C(C)CCCC1C. The lowest BCUT2D eigenvalue weighted by Gasteiger charge is -2.34. The van der Waals surface area contributed by atoms with E-state index in [0.717, 1.165) is 0 Å². The van der Waals surface area contributed by atoms with E-state index >= 15 is 0 Å². The fourth-order valence-electron chi connectivity index (χ4n) is 2.35. The van der Waals surface area contributed by atoms with Crippen LogP contribution >= 0.6 is 0 Å². The van der Waals surface area contributed by atoms with Gasteiger partial charge in [0.05, 0.1) is 12.7 Å². The molecule has 0 bridgehead atoms. The van der Waals surface area contributed by atoms with E-state index in [2.05, 4.69) is 13.8 Å². The van der Waals surface area contributed by atoms with Gasteiger partial charge in [0, 0.05) is 6.92 Å². The Morgan fingerprint density at radius 2 is 1.80 bits per heavy atom. The monoisotopic (exact) mass is 214 g/mol. The van der Waals surface area contributed by atoms with E-state index in [1.165, 1.54) is 26.2 Å². The Hall–Kier alpha value is -0.570. The van der Waals surface area contributed by atoms with E-state index in [-0.39, 0.29) is 5.97 Å². The van der Waals surface area contributed by atoms with E-state index in [4.69, 9.17) is 9.47 Å². The third-order valence-electron chi connectivity index (χ3n) is 3.14. The normalized spacial score (nSPS) is 31.3. The third kappa shape index (κ3) is 4.20. The molecule has 0 aromatic heterocycles. The summed E-state index contributed by atoms with van der Waals surface area (Å²) in [4.78, 5) is 10.5. The molecule has 88 valence electrons. The Morgan fingerprint density at radius 1 is 1.20 bits per heavy atom. The summed E-state index contributed by atoms with van der Waals surface area (Å²) in [7, 11) is 0. The summed E-state index contributed by atoms with van der Waals surface area (Å²) in [5.74, 6) is 1.03. The minimum absolute atomic E-state index is 0.233. The molecule has 0 aromatic rings. The van der Waals surface area contributed by atoms with Crippen LogP contribution in [-0.4, -0.2) is 25.3 Å². The maximum Gasteiger partial charge on any atom is 0.302 e. The summed E-state index contributed by atoms with van der Waals surface area (Å²) in [5.41, 5.74) is 0. The lowest BCUT2D eigenvalue weighted by Crippen LogP contribution is -2.33. The maximum absolute atomic E-state index is 10.5.